The molecule has 1 aromatic heterocycles. The molecule has 1 saturated heterocycles. The summed E-state index contributed by atoms with van der Waals surface area (Å²) in [5.41, 5.74) is 10.5. The van der Waals surface area contributed by atoms with Crippen LogP contribution >= 0.6 is 0 Å². The summed E-state index contributed by atoms with van der Waals surface area (Å²) in [5.74, 6) is 0.725. The molecular formula is C35H37N3O4. The van der Waals surface area contributed by atoms with Gasteiger partial charge in [-0.05, 0) is 91.6 Å². The van der Waals surface area contributed by atoms with Crippen molar-refractivity contribution in [1.82, 2.24) is 9.88 Å². The van der Waals surface area contributed by atoms with Gasteiger partial charge >= 0.3 is 5.97 Å². The summed E-state index contributed by atoms with van der Waals surface area (Å²) >= 11 is 0. The van der Waals surface area contributed by atoms with E-state index in [0.717, 1.165) is 79.4 Å². The number of ether oxygens (including phenoxy) is 2. The van der Waals surface area contributed by atoms with Crippen molar-refractivity contribution in [3.8, 4) is 17.0 Å². The summed E-state index contributed by atoms with van der Waals surface area (Å²) < 4.78 is 12.2. The van der Waals surface area contributed by atoms with Gasteiger partial charge < -0.3 is 19.5 Å². The van der Waals surface area contributed by atoms with Gasteiger partial charge in [0.1, 0.15) is 18.2 Å². The molecule has 1 aliphatic carbocycles. The number of carboxylic acid groups (broad SMARTS) is 1. The molecule has 4 aliphatic rings. The van der Waals surface area contributed by atoms with E-state index in [9.17, 15) is 9.90 Å². The van der Waals surface area contributed by atoms with E-state index in [4.69, 9.17) is 14.5 Å². The summed E-state index contributed by atoms with van der Waals surface area (Å²) in [6, 6.07) is 17.1. The molecule has 3 aromatic rings. The summed E-state index contributed by atoms with van der Waals surface area (Å²) in [5, 5.41) is 9.81. The van der Waals surface area contributed by atoms with Crippen molar-refractivity contribution in [2.45, 2.75) is 59.2 Å². The number of carbonyl (C=O) groups is 1. The van der Waals surface area contributed by atoms with Crippen LogP contribution in [0, 0.1) is 19.8 Å². The second-order valence-corrected chi connectivity index (χ2v) is 12.0. The predicted octanol–water partition coefficient (Wildman–Crippen LogP) is 6.17. The number of allylic oxidation sites excluding steroid dienone is 2. The molecule has 7 rings (SSSR count). The average molecular weight is 564 g/mol. The number of hydrogen-bond acceptors (Lipinski definition) is 6. The lowest BCUT2D eigenvalue weighted by atomic mass is 9.91. The minimum absolute atomic E-state index is 0.0478. The topological polar surface area (TPSA) is 75.1 Å². The molecule has 1 N–H and O–H groups in total. The molecule has 3 aliphatic heterocycles. The highest BCUT2D eigenvalue weighted by molar-refractivity contribution is 5.92. The lowest BCUT2D eigenvalue weighted by molar-refractivity contribution is -0.133. The Kier molecular flexibility index (Phi) is 6.87. The highest BCUT2D eigenvalue weighted by Gasteiger charge is 2.42. The maximum Gasteiger partial charge on any atom is 0.333 e. The minimum Gasteiger partial charge on any atom is -0.488 e. The van der Waals surface area contributed by atoms with Gasteiger partial charge in [-0.2, -0.15) is 0 Å². The fourth-order valence-electron chi connectivity index (χ4n) is 6.89. The molecule has 216 valence electrons. The van der Waals surface area contributed by atoms with E-state index in [1.165, 1.54) is 22.3 Å². The zero-order chi connectivity index (χ0) is 29.0. The summed E-state index contributed by atoms with van der Waals surface area (Å²) in [6.45, 7) is 10.5. The van der Waals surface area contributed by atoms with Crippen LogP contribution in [0.5, 0.6) is 5.75 Å². The first-order valence-corrected chi connectivity index (χ1v) is 14.9. The van der Waals surface area contributed by atoms with E-state index in [0.29, 0.717) is 24.0 Å². The molecular weight excluding hydrogens is 526 g/mol. The lowest BCUT2D eigenvalue weighted by Crippen LogP contribution is -2.39. The second kappa shape index (κ2) is 10.7. The van der Waals surface area contributed by atoms with Crippen molar-refractivity contribution < 1.29 is 19.4 Å². The molecule has 0 bridgehead atoms. The SMILES string of the molecule is CC1=C(C(=O)O)C2CC2=CN1c1cccc(-c2cccc(C)c2OCc2ccc3c(c2C)CCN(C2CCOC2)C3)n1. The quantitative estimate of drug-likeness (QED) is 0.368. The van der Waals surface area contributed by atoms with E-state index in [1.54, 1.807) is 0 Å². The first-order chi connectivity index (χ1) is 20.4. The zero-order valence-corrected chi connectivity index (χ0v) is 24.5. The average Bonchev–Trinajstić information content (AvgIpc) is 3.54. The van der Waals surface area contributed by atoms with E-state index in [2.05, 4.69) is 36.9 Å². The monoisotopic (exact) mass is 563 g/mol. The molecule has 2 atom stereocenters. The lowest BCUT2D eigenvalue weighted by Gasteiger charge is -2.34. The Balaban J connectivity index is 1.14. The molecule has 0 radical (unpaired) electrons. The fourth-order valence-corrected chi connectivity index (χ4v) is 6.89. The summed E-state index contributed by atoms with van der Waals surface area (Å²) in [6.07, 6.45) is 5.04. The number of fused-ring (bicyclic) bond motifs is 2. The summed E-state index contributed by atoms with van der Waals surface area (Å²) in [4.78, 5) is 21.4. The van der Waals surface area contributed by atoms with Crippen molar-refractivity contribution in [3.05, 3.63) is 99.4 Å². The van der Waals surface area contributed by atoms with Crippen LogP contribution in [0.3, 0.4) is 0 Å². The van der Waals surface area contributed by atoms with Crippen molar-refractivity contribution in [3.63, 3.8) is 0 Å². The number of pyridine rings is 1. The smallest absolute Gasteiger partial charge is 0.333 e. The number of hydrogen-bond donors (Lipinski definition) is 1. The zero-order valence-electron chi connectivity index (χ0n) is 24.5. The van der Waals surface area contributed by atoms with Gasteiger partial charge in [0.15, 0.2) is 0 Å². The van der Waals surface area contributed by atoms with Crippen molar-refractivity contribution >= 4 is 11.8 Å². The normalized spacial score (nSPS) is 21.6. The van der Waals surface area contributed by atoms with Crippen LogP contribution in [0.15, 0.2) is 71.6 Å². The second-order valence-electron chi connectivity index (χ2n) is 12.0. The number of aryl methyl sites for hydroxylation is 1. The van der Waals surface area contributed by atoms with E-state index >= 15 is 0 Å². The number of anilines is 1. The van der Waals surface area contributed by atoms with Gasteiger partial charge in [-0.15, -0.1) is 0 Å². The molecule has 0 spiro atoms. The first-order valence-electron chi connectivity index (χ1n) is 14.9. The van der Waals surface area contributed by atoms with Crippen LogP contribution < -0.4 is 9.64 Å². The van der Waals surface area contributed by atoms with Crippen LogP contribution in [0.2, 0.25) is 0 Å². The van der Waals surface area contributed by atoms with Crippen molar-refractivity contribution in [2.75, 3.05) is 24.7 Å². The number of aromatic nitrogens is 1. The maximum atomic E-state index is 12.0. The van der Waals surface area contributed by atoms with Crippen LogP contribution in [0.1, 0.15) is 47.6 Å². The number of rotatable bonds is 7. The van der Waals surface area contributed by atoms with Gasteiger partial charge in [0.25, 0.3) is 0 Å². The Morgan fingerprint density at radius 3 is 2.79 bits per heavy atom. The van der Waals surface area contributed by atoms with Crippen molar-refractivity contribution in [2.24, 2.45) is 5.92 Å². The first kappa shape index (κ1) is 26.9. The van der Waals surface area contributed by atoms with Crippen LogP contribution in [-0.4, -0.2) is 46.8 Å². The largest absolute Gasteiger partial charge is 0.488 e. The standard InChI is InChI=1S/C35H37N3O4/c1-21-6-4-7-29(31-8-5-9-32(36-31)38-18-26-16-30(26)33(23(38)3)35(39)40)34(21)42-19-25-11-10-24-17-37(27-13-15-41-20-27)14-12-28(24)22(25)2/h4-11,18,27,30H,12-17,19-20H2,1-3H3,(H,39,40). The highest BCUT2D eigenvalue weighted by Crippen LogP contribution is 2.49. The molecule has 2 aromatic carbocycles. The van der Waals surface area contributed by atoms with Gasteiger partial charge in [0.2, 0.25) is 0 Å². The molecule has 4 heterocycles. The Labute approximate surface area is 247 Å². The number of benzene rings is 2. The third-order valence-corrected chi connectivity index (χ3v) is 9.45. The molecule has 2 unspecified atom stereocenters. The highest BCUT2D eigenvalue weighted by atomic mass is 16.5. The van der Waals surface area contributed by atoms with Gasteiger partial charge in [-0.3, -0.25) is 4.90 Å². The Bertz CT molecular complexity index is 1640. The molecule has 2 fully saturated rings. The third-order valence-electron chi connectivity index (χ3n) is 9.45. The maximum absolute atomic E-state index is 12.0. The summed E-state index contributed by atoms with van der Waals surface area (Å²) in [7, 11) is 0. The minimum atomic E-state index is -0.852. The molecule has 7 nitrogen and oxygen atoms in total. The third kappa shape index (κ3) is 4.80. The van der Waals surface area contributed by atoms with Crippen LogP contribution in [-0.2, 0) is 29.1 Å². The predicted molar refractivity (Wildman–Crippen MR) is 162 cm³/mol. The number of nitrogens with zero attached hydrogens (tertiary/aromatic N) is 3. The van der Waals surface area contributed by atoms with E-state index in [-0.39, 0.29) is 5.92 Å². The Hall–Kier alpha value is -3.94. The van der Waals surface area contributed by atoms with Gasteiger partial charge in [-0.25, -0.2) is 9.78 Å². The number of aliphatic carboxylic acids is 1. The number of carboxylic acids is 1. The fraction of sp³-hybridized carbons (Fsp3) is 0.371. The molecule has 42 heavy (non-hydrogen) atoms. The van der Waals surface area contributed by atoms with Gasteiger partial charge in [-0.1, -0.05) is 30.3 Å². The van der Waals surface area contributed by atoms with Crippen molar-refractivity contribution in [1.29, 1.82) is 0 Å². The Morgan fingerprint density at radius 1 is 1.12 bits per heavy atom. The molecule has 1 saturated carbocycles. The molecule has 7 heteroatoms. The van der Waals surface area contributed by atoms with Crippen LogP contribution in [0.25, 0.3) is 11.3 Å². The number of para-hydroxylation sites is 1. The van der Waals surface area contributed by atoms with E-state index in [1.807, 2.05) is 48.4 Å². The van der Waals surface area contributed by atoms with Crippen LogP contribution in [0.4, 0.5) is 5.82 Å². The van der Waals surface area contributed by atoms with Gasteiger partial charge in [0, 0.05) is 49.1 Å². The van der Waals surface area contributed by atoms with Gasteiger partial charge in [0.05, 0.1) is 17.9 Å². The van der Waals surface area contributed by atoms with E-state index < -0.39 is 5.97 Å². The Morgan fingerprint density at radius 2 is 1.98 bits per heavy atom. The molecule has 0 amide bonds.